The maximum absolute atomic E-state index is 10.3. The smallest absolute Gasteiger partial charge is 0.204 e. The van der Waals surface area contributed by atoms with Gasteiger partial charge in [-0.2, -0.15) is 0 Å². The second-order valence-corrected chi connectivity index (χ2v) is 43.0. The van der Waals surface area contributed by atoms with Crippen LogP contribution in [0.3, 0.4) is 0 Å². The minimum absolute atomic E-state index is 0.00859. The molecule has 0 amide bonds. The Balaban J connectivity index is 0.000000337. The summed E-state index contributed by atoms with van der Waals surface area (Å²) in [5.41, 5.74) is 8.44. The van der Waals surface area contributed by atoms with Crippen LogP contribution in [0.1, 0.15) is 268 Å². The first-order valence-electron chi connectivity index (χ1n) is 53.2. The maximum atomic E-state index is 10.3. The molecule has 0 saturated carbocycles. The van der Waals surface area contributed by atoms with Crippen molar-refractivity contribution in [3.05, 3.63) is 411 Å². The molecule has 11 heteroatoms. The summed E-state index contributed by atoms with van der Waals surface area (Å²) < 4.78 is 49.4. The lowest BCUT2D eigenvalue weighted by molar-refractivity contribution is 0.242. The topological polar surface area (TPSA) is 103 Å². The van der Waals surface area contributed by atoms with E-state index in [1.54, 1.807) is 6.08 Å². The molecule has 0 radical (unpaired) electrons. The first-order valence-corrected chi connectivity index (χ1v) is 55.2. The van der Waals surface area contributed by atoms with Crippen LogP contribution < -0.4 is 53.0 Å². The van der Waals surface area contributed by atoms with E-state index in [-0.39, 0.29) is 22.0 Å². The van der Waals surface area contributed by atoms with Crippen molar-refractivity contribution in [1.29, 1.82) is 0 Å². The van der Waals surface area contributed by atoms with Gasteiger partial charge in [0.1, 0.15) is 70.7 Å². The molecule has 13 aromatic carbocycles. The van der Waals surface area contributed by atoms with E-state index < -0.39 is 8.07 Å². The van der Waals surface area contributed by atoms with Crippen LogP contribution >= 0.6 is 0 Å². The minimum atomic E-state index is -2.33. The average Bonchev–Trinajstić information content (AvgIpc) is 1.07. The van der Waals surface area contributed by atoms with Crippen LogP contribution in [-0.4, -0.2) is 72.1 Å². The number of hydrogen-bond acceptors (Lipinski definition) is 10. The minimum Gasteiger partial charge on any atom is -0.507 e. The van der Waals surface area contributed by atoms with Crippen LogP contribution in [0.25, 0.3) is 0 Å². The number of phenols is 1. The molecule has 0 aliphatic carbocycles. The summed E-state index contributed by atoms with van der Waals surface area (Å²) in [6.07, 6.45) is 30.3. The predicted molar refractivity (Wildman–Crippen MR) is 619 cm³/mol. The summed E-state index contributed by atoms with van der Waals surface area (Å²) in [5.74, 6) is 12.5. The summed E-state index contributed by atoms with van der Waals surface area (Å²) in [6, 6.07) is 125. The molecule has 1 heterocycles. The molecule has 0 atom stereocenters. The molecule has 0 aromatic heterocycles. The van der Waals surface area contributed by atoms with Crippen molar-refractivity contribution in [2.24, 2.45) is 0 Å². The molecule has 0 fully saturated rings. The maximum Gasteiger partial charge on any atom is 0.204 e. The molecule has 0 spiro atoms. The van der Waals surface area contributed by atoms with Gasteiger partial charge in [0.2, 0.25) is 8.07 Å². The summed E-state index contributed by atoms with van der Waals surface area (Å²) in [6.45, 7) is 46.3. The fourth-order valence-corrected chi connectivity index (χ4v) is 19.2. The van der Waals surface area contributed by atoms with Gasteiger partial charge in [0.05, 0.1) is 45.7 Å². The Morgan fingerprint density at radius 2 is 0.604 bits per heavy atom. The van der Waals surface area contributed by atoms with Gasteiger partial charge in [0, 0.05) is 6.42 Å². The third-order valence-electron chi connectivity index (χ3n) is 22.5. The second kappa shape index (κ2) is 78.8. The zero-order valence-corrected chi connectivity index (χ0v) is 92.0. The van der Waals surface area contributed by atoms with E-state index in [1.165, 1.54) is 137 Å². The highest BCUT2D eigenvalue weighted by Crippen LogP contribution is 2.39. The van der Waals surface area contributed by atoms with Crippen molar-refractivity contribution < 1.29 is 47.7 Å². The molecule has 10 nitrogen and oxygen atoms in total. The van der Waals surface area contributed by atoms with Gasteiger partial charge >= 0.3 is 0 Å². The number of aromatic hydroxyl groups is 1. The van der Waals surface area contributed by atoms with E-state index in [1.807, 2.05) is 311 Å². The molecular formula is C133H178O10Si. The number of phenolic OH excluding ortho intramolecular Hbond substituents is 1. The van der Waals surface area contributed by atoms with Gasteiger partial charge in [0.25, 0.3) is 0 Å². The van der Waals surface area contributed by atoms with E-state index in [9.17, 15) is 5.11 Å². The number of ether oxygens (including phenoxy) is 9. The van der Waals surface area contributed by atoms with Crippen LogP contribution in [0.2, 0.25) is 5.04 Å². The Morgan fingerprint density at radius 3 is 0.917 bits per heavy atom. The Hall–Kier alpha value is -12.6. The van der Waals surface area contributed by atoms with Gasteiger partial charge in [-0.05, 0) is 199 Å². The van der Waals surface area contributed by atoms with Gasteiger partial charge in [-0.3, -0.25) is 0 Å². The molecule has 1 N–H and O–H groups in total. The number of benzene rings is 13. The monoisotopic (exact) mass is 1960 g/mol. The molecule has 1 aliphatic heterocycles. The average molecular weight is 1960 g/mol. The van der Waals surface area contributed by atoms with E-state index in [0.29, 0.717) is 19.0 Å². The lowest BCUT2D eigenvalue weighted by atomic mass is 9.80. The first-order chi connectivity index (χ1) is 69.9. The highest BCUT2D eigenvalue weighted by atomic mass is 28.3. The van der Waals surface area contributed by atoms with Gasteiger partial charge < -0.3 is 47.7 Å². The highest BCUT2D eigenvalue weighted by Gasteiger charge is 2.47. The lowest BCUT2D eigenvalue weighted by Gasteiger charge is -2.39. The third kappa shape index (κ3) is 58.2. The van der Waals surface area contributed by atoms with Gasteiger partial charge in [-0.25, -0.2) is 0 Å². The van der Waals surface area contributed by atoms with E-state index in [2.05, 4.69) is 201 Å². The SMILES string of the molecule is C=CCOc1ccccc1.CC(C)(C)[Si](C#CCOc1ccccc1)(c1ccccc1)c1ccccc1.CC(C)(C)c1cccc(C(C)(C)C)c1O.CC(C)Oc1ccccc1.CCCCCCCCCCCCOc1ccccc1.CCCCCCCOc1ccccc1.CCCCCOc1ccccc1.CCCCOc1ccccc1.CCCOc1ccccc1.Cc1ccccc1.c1ccc2c(c1)CCO2. The quantitative estimate of drug-likeness (QED) is 0.0173. The lowest BCUT2D eigenvalue weighted by Crippen LogP contribution is -2.63. The van der Waals surface area contributed by atoms with Gasteiger partial charge in [-0.1, -0.05) is 497 Å². The summed E-state index contributed by atoms with van der Waals surface area (Å²) >= 11 is 0. The number of para-hydroxylation sites is 10. The Morgan fingerprint density at radius 1 is 0.319 bits per heavy atom. The fraction of sp³-hybridized carbons (Fsp3) is 0.383. The summed E-state index contributed by atoms with van der Waals surface area (Å²) in [7, 11) is -2.33. The zero-order valence-electron chi connectivity index (χ0n) is 91.0. The molecule has 0 saturated heterocycles. The molecule has 0 unspecified atom stereocenters. The normalized spacial score (nSPS) is 10.7. The first kappa shape index (κ1) is 124. The Bertz CT molecular complexity index is 5110. The molecule has 774 valence electrons. The zero-order chi connectivity index (χ0) is 104. The van der Waals surface area contributed by atoms with Crippen molar-refractivity contribution in [3.8, 4) is 69.0 Å². The molecule has 0 bridgehead atoms. The van der Waals surface area contributed by atoms with E-state index in [4.69, 9.17) is 42.6 Å². The molecule has 144 heavy (non-hydrogen) atoms. The largest absolute Gasteiger partial charge is 0.507 e. The van der Waals surface area contributed by atoms with Gasteiger partial charge in [0.15, 0.2) is 0 Å². The van der Waals surface area contributed by atoms with Crippen LogP contribution in [0, 0.1) is 18.4 Å². The number of rotatable bonds is 40. The van der Waals surface area contributed by atoms with Crippen LogP contribution in [0.5, 0.6) is 57.5 Å². The van der Waals surface area contributed by atoms with Gasteiger partial charge in [-0.15, -0.1) is 5.54 Å². The standard InChI is InChI=1S/C25H26OSi.C18H30O.C14H22O.C13H20O.C11H16O.C10H14O.2C9H12O.C9H10O.C8H8O.C7H8/c1-25(2,3)27(23-16-9-5-10-17-23,24-18-11-6-12-19-24)21-13-20-26-22-14-7-4-8-15-22;1-2-3-4-5-6-7-8-9-10-14-17-19-18-15-12-11-13-16-18;1-13(2,3)10-8-7-9-11(12(10)15)14(4,5)6;1-2-3-4-5-9-12-14-13-10-7-6-8-11-13;1-2-3-7-10-12-11-8-5-4-6-9-11;1-2-3-9-11-10-7-5-4-6-8-10;1-8(2)10-9-6-4-3-5-7-9;2*1-2-8-10-9-6-4-3-5-7-9;1-2-4-8-7(3-1)5-6-9-8;1-7-5-3-2-4-6-7/h4-12,14-19H,20H2,1-3H3;11-13,15-16H,2-10,14,17H2,1H3;7-9,15H,1-6H3;6-8,10-11H,2-5,9,12H2,1H3;4-6,8-9H,2-3,7,10H2,1H3;4-8H,2-3,9H2,1H3;3-8H,1-2H3;3-7H,2,8H2,1H3;2-7H,1,8H2;1-4H,5-6H2;2-6H,1H3. The number of hydrogen-bond donors (Lipinski definition) is 1. The Labute approximate surface area is 874 Å². The van der Waals surface area contributed by atoms with Crippen LogP contribution in [-0.2, 0) is 17.3 Å². The highest BCUT2D eigenvalue weighted by molar-refractivity contribution is 7.10. The van der Waals surface area contributed by atoms with Crippen molar-refractivity contribution >= 4 is 18.4 Å². The second-order valence-electron chi connectivity index (χ2n) is 38.6. The number of aryl methyl sites for hydroxylation is 1. The predicted octanol–water partition coefficient (Wildman–Crippen LogP) is 35.6. The number of fused-ring (bicyclic) bond motifs is 1. The van der Waals surface area contributed by atoms with E-state index >= 15 is 0 Å². The van der Waals surface area contributed by atoms with Crippen LogP contribution in [0.4, 0.5) is 0 Å². The number of unbranched alkanes of at least 4 members (excludes halogenated alkanes) is 16. The van der Waals surface area contributed by atoms with Crippen LogP contribution in [0.15, 0.2) is 389 Å². The third-order valence-corrected chi connectivity index (χ3v) is 27.7. The molecule has 1 aliphatic rings. The molecular weight excluding hydrogens is 1790 g/mol. The summed E-state index contributed by atoms with van der Waals surface area (Å²) in [5, 5.41) is 13.0. The molecule has 13 aromatic rings. The Kier molecular flexibility index (Phi) is 67.7. The fourth-order valence-electron chi connectivity index (χ4n) is 14.8. The van der Waals surface area contributed by atoms with Crippen molar-refractivity contribution in [3.63, 3.8) is 0 Å². The summed E-state index contributed by atoms with van der Waals surface area (Å²) in [4.78, 5) is 0. The van der Waals surface area contributed by atoms with E-state index in [0.717, 1.165) is 128 Å². The van der Waals surface area contributed by atoms with Crippen molar-refractivity contribution in [1.82, 2.24) is 0 Å². The van der Waals surface area contributed by atoms with Crippen molar-refractivity contribution in [2.45, 2.75) is 281 Å². The molecule has 14 rings (SSSR count). The van der Waals surface area contributed by atoms with Crippen molar-refractivity contribution in [2.75, 3.05) is 52.9 Å².